The van der Waals surface area contributed by atoms with Gasteiger partial charge in [0, 0.05) is 29.5 Å². The first kappa shape index (κ1) is 25.4. The van der Waals surface area contributed by atoms with Crippen molar-refractivity contribution in [3.63, 3.8) is 0 Å². The van der Waals surface area contributed by atoms with Crippen LogP contribution in [0.25, 0.3) is 5.65 Å². The number of aryl methyl sites for hydroxylation is 2. The van der Waals surface area contributed by atoms with Crippen LogP contribution in [0.15, 0.2) is 30.5 Å². The quantitative estimate of drug-likeness (QED) is 0.416. The summed E-state index contributed by atoms with van der Waals surface area (Å²) in [6.07, 6.45) is 10.1. The number of nitrogens with zero attached hydrogens (tertiary/aromatic N) is 4. The zero-order valence-corrected chi connectivity index (χ0v) is 22.0. The Morgan fingerprint density at radius 2 is 2.03 bits per heavy atom. The van der Waals surface area contributed by atoms with Gasteiger partial charge in [-0.25, -0.2) is 17.9 Å². The van der Waals surface area contributed by atoms with E-state index in [2.05, 4.69) is 18.6 Å². The number of rotatable bonds is 8. The number of piperidine rings is 1. The fraction of sp³-hybridized carbons (Fsp3) is 0.480. The zero-order valence-electron chi connectivity index (χ0n) is 20.4. The molecule has 1 aliphatic heterocycles. The van der Waals surface area contributed by atoms with Gasteiger partial charge in [-0.2, -0.15) is 5.10 Å². The molecule has 0 radical (unpaired) electrons. The van der Waals surface area contributed by atoms with Crippen LogP contribution in [0, 0.1) is 6.92 Å². The molecular formula is C25H32ClN5O3S. The number of likely N-dealkylation sites (tertiary alicyclic amines) is 1. The molecule has 2 aromatic heterocycles. The number of sulfonamides is 1. The molecule has 1 amide bonds. The van der Waals surface area contributed by atoms with Crippen molar-refractivity contribution in [3.05, 3.63) is 58.0 Å². The molecule has 35 heavy (non-hydrogen) atoms. The number of amides is 1. The van der Waals surface area contributed by atoms with E-state index in [-0.39, 0.29) is 23.2 Å². The van der Waals surface area contributed by atoms with E-state index in [1.807, 2.05) is 12.3 Å². The van der Waals surface area contributed by atoms with Crippen molar-refractivity contribution in [1.29, 1.82) is 0 Å². The SMILES string of the molecule is CCCCCc1nc2cc(C3CCCCN3C(=O)c3cc(Cl)ccc3NS(C)(=O)=O)nn2cc1C. The van der Waals surface area contributed by atoms with Gasteiger partial charge >= 0.3 is 0 Å². The molecule has 10 heteroatoms. The van der Waals surface area contributed by atoms with Gasteiger partial charge in [0.2, 0.25) is 10.0 Å². The van der Waals surface area contributed by atoms with E-state index >= 15 is 0 Å². The van der Waals surface area contributed by atoms with Gasteiger partial charge in [0.05, 0.1) is 29.2 Å². The van der Waals surface area contributed by atoms with Crippen molar-refractivity contribution in [2.45, 2.75) is 64.8 Å². The minimum absolute atomic E-state index is 0.218. The Balaban J connectivity index is 1.67. The molecule has 0 bridgehead atoms. The maximum atomic E-state index is 13.7. The fourth-order valence-electron chi connectivity index (χ4n) is 4.64. The predicted molar refractivity (Wildman–Crippen MR) is 138 cm³/mol. The Labute approximate surface area is 211 Å². The number of nitrogens with one attached hydrogen (secondary N) is 1. The summed E-state index contributed by atoms with van der Waals surface area (Å²) in [5.74, 6) is -0.273. The van der Waals surface area contributed by atoms with Crippen LogP contribution in [0.5, 0.6) is 0 Å². The smallest absolute Gasteiger partial charge is 0.256 e. The lowest BCUT2D eigenvalue weighted by molar-refractivity contribution is 0.0607. The number of anilines is 1. The van der Waals surface area contributed by atoms with Crippen LogP contribution in [0.2, 0.25) is 5.02 Å². The molecule has 188 valence electrons. The molecule has 1 saturated heterocycles. The summed E-state index contributed by atoms with van der Waals surface area (Å²) >= 11 is 6.18. The average molecular weight is 518 g/mol. The van der Waals surface area contributed by atoms with Crippen molar-refractivity contribution in [2.75, 3.05) is 17.5 Å². The summed E-state index contributed by atoms with van der Waals surface area (Å²) < 4.78 is 28.0. The molecule has 4 rings (SSSR count). The van der Waals surface area contributed by atoms with Crippen molar-refractivity contribution < 1.29 is 13.2 Å². The Bertz CT molecular complexity index is 1340. The van der Waals surface area contributed by atoms with E-state index < -0.39 is 10.0 Å². The Morgan fingerprint density at radius 3 is 2.77 bits per heavy atom. The third-order valence-corrected chi connectivity index (χ3v) is 7.21. The van der Waals surface area contributed by atoms with E-state index in [1.54, 1.807) is 15.5 Å². The number of carbonyl (C=O) groups excluding carboxylic acids is 1. The highest BCUT2D eigenvalue weighted by molar-refractivity contribution is 7.92. The molecule has 0 spiro atoms. The number of hydrogen-bond donors (Lipinski definition) is 1. The Morgan fingerprint density at radius 1 is 1.23 bits per heavy atom. The molecule has 0 aliphatic carbocycles. The van der Waals surface area contributed by atoms with Crippen LogP contribution >= 0.6 is 11.6 Å². The lowest BCUT2D eigenvalue weighted by atomic mass is 9.98. The number of benzene rings is 1. The van der Waals surface area contributed by atoms with Crippen molar-refractivity contribution in [1.82, 2.24) is 19.5 Å². The maximum Gasteiger partial charge on any atom is 0.256 e. The number of hydrogen-bond acceptors (Lipinski definition) is 5. The number of aromatic nitrogens is 3. The van der Waals surface area contributed by atoms with Crippen LogP contribution < -0.4 is 4.72 Å². The lowest BCUT2D eigenvalue weighted by Crippen LogP contribution is -2.39. The van der Waals surface area contributed by atoms with Crippen molar-refractivity contribution in [3.8, 4) is 0 Å². The monoisotopic (exact) mass is 517 g/mol. The predicted octanol–water partition coefficient (Wildman–Crippen LogP) is 5.16. The molecule has 1 N–H and O–H groups in total. The molecule has 0 saturated carbocycles. The normalized spacial score (nSPS) is 16.6. The number of carbonyl (C=O) groups is 1. The second kappa shape index (κ2) is 10.5. The maximum absolute atomic E-state index is 13.7. The van der Waals surface area contributed by atoms with Crippen LogP contribution in [0.4, 0.5) is 5.69 Å². The van der Waals surface area contributed by atoms with Gasteiger partial charge in [0.1, 0.15) is 0 Å². The highest BCUT2D eigenvalue weighted by atomic mass is 35.5. The molecule has 1 unspecified atom stereocenters. The number of halogens is 1. The first-order valence-corrected chi connectivity index (χ1v) is 14.4. The molecule has 1 atom stereocenters. The fourth-order valence-corrected chi connectivity index (χ4v) is 5.39. The van der Waals surface area contributed by atoms with Gasteiger partial charge in [-0.05, 0) is 62.8 Å². The van der Waals surface area contributed by atoms with E-state index in [0.29, 0.717) is 11.6 Å². The van der Waals surface area contributed by atoms with Gasteiger partial charge in [-0.15, -0.1) is 0 Å². The molecule has 1 aromatic carbocycles. The molecule has 1 fully saturated rings. The van der Waals surface area contributed by atoms with Gasteiger partial charge in [0.25, 0.3) is 5.91 Å². The van der Waals surface area contributed by atoms with E-state index in [0.717, 1.165) is 67.4 Å². The minimum Gasteiger partial charge on any atom is -0.330 e. The first-order valence-electron chi connectivity index (χ1n) is 12.1. The molecule has 3 heterocycles. The first-order chi connectivity index (χ1) is 16.7. The summed E-state index contributed by atoms with van der Waals surface area (Å²) in [6, 6.07) is 6.33. The van der Waals surface area contributed by atoms with Gasteiger partial charge in [-0.1, -0.05) is 31.4 Å². The summed E-state index contributed by atoms with van der Waals surface area (Å²) in [6.45, 7) is 4.80. The molecule has 1 aliphatic rings. The van der Waals surface area contributed by atoms with Crippen molar-refractivity contribution in [2.24, 2.45) is 0 Å². The molecular weight excluding hydrogens is 486 g/mol. The topological polar surface area (TPSA) is 96.7 Å². The largest absolute Gasteiger partial charge is 0.330 e. The summed E-state index contributed by atoms with van der Waals surface area (Å²) in [5, 5.41) is 5.15. The van der Waals surface area contributed by atoms with Crippen LogP contribution in [0.3, 0.4) is 0 Å². The van der Waals surface area contributed by atoms with Crippen LogP contribution in [-0.2, 0) is 16.4 Å². The highest BCUT2D eigenvalue weighted by Gasteiger charge is 2.32. The average Bonchev–Trinajstić information content (AvgIpc) is 3.21. The molecule has 8 nitrogen and oxygen atoms in total. The summed E-state index contributed by atoms with van der Waals surface area (Å²) in [7, 11) is -3.56. The van der Waals surface area contributed by atoms with Gasteiger partial charge in [0.15, 0.2) is 5.65 Å². The van der Waals surface area contributed by atoms with Crippen LogP contribution in [-0.4, -0.2) is 46.6 Å². The van der Waals surface area contributed by atoms with Gasteiger partial charge < -0.3 is 4.90 Å². The van der Waals surface area contributed by atoms with Crippen LogP contribution in [0.1, 0.15) is 78.8 Å². The van der Waals surface area contributed by atoms with E-state index in [1.165, 1.54) is 18.6 Å². The highest BCUT2D eigenvalue weighted by Crippen LogP contribution is 2.34. The minimum atomic E-state index is -3.56. The summed E-state index contributed by atoms with van der Waals surface area (Å²) in [5.41, 5.74) is 4.20. The third-order valence-electron chi connectivity index (χ3n) is 6.39. The van der Waals surface area contributed by atoms with E-state index in [4.69, 9.17) is 21.7 Å². The standard InChI is InChI=1S/C25H32ClN5O3S/c1-4-5-6-9-20-17(2)16-31-24(27-20)15-22(28-31)23-10-7-8-13-30(23)25(32)19-14-18(26)11-12-21(19)29-35(3,33)34/h11-12,14-16,23,29H,4-10,13H2,1-3H3. The third kappa shape index (κ3) is 5.95. The second-order valence-corrected chi connectivity index (χ2v) is 11.5. The van der Waals surface area contributed by atoms with E-state index in [9.17, 15) is 13.2 Å². The number of fused-ring (bicyclic) bond motifs is 1. The number of unbranched alkanes of at least 4 members (excludes halogenated alkanes) is 2. The molecule has 3 aromatic rings. The lowest BCUT2D eigenvalue weighted by Gasteiger charge is -2.35. The van der Waals surface area contributed by atoms with Crippen molar-refractivity contribution >= 4 is 38.9 Å². The Hall–Kier alpha value is -2.65. The second-order valence-electron chi connectivity index (χ2n) is 9.27. The van der Waals surface area contributed by atoms with Gasteiger partial charge in [-0.3, -0.25) is 9.52 Å². The zero-order chi connectivity index (χ0) is 25.2. The summed E-state index contributed by atoms with van der Waals surface area (Å²) in [4.78, 5) is 20.3. The Kier molecular flexibility index (Phi) is 7.66.